The molecule has 28 heavy (non-hydrogen) atoms. The molecule has 2 heterocycles. The SMILES string of the molecule is CCNC(=NCc1cnn(C)c1)NCC1CC(=O)N(CCc2ccccc2)C1. The van der Waals surface area contributed by atoms with Crippen molar-refractivity contribution in [2.75, 3.05) is 26.2 Å². The van der Waals surface area contributed by atoms with Crippen LogP contribution < -0.4 is 10.6 Å². The quantitative estimate of drug-likeness (QED) is 0.537. The zero-order valence-corrected chi connectivity index (χ0v) is 16.8. The first-order valence-corrected chi connectivity index (χ1v) is 9.95. The van der Waals surface area contributed by atoms with Crippen molar-refractivity contribution in [1.82, 2.24) is 25.3 Å². The molecule has 0 radical (unpaired) electrons. The van der Waals surface area contributed by atoms with Crippen LogP contribution in [0.1, 0.15) is 24.5 Å². The molecule has 2 N–H and O–H groups in total. The van der Waals surface area contributed by atoms with E-state index in [1.165, 1.54) is 5.56 Å². The van der Waals surface area contributed by atoms with E-state index in [-0.39, 0.29) is 5.91 Å². The molecule has 1 fully saturated rings. The molecular formula is C21H30N6O. The molecule has 7 heteroatoms. The number of carbonyl (C=O) groups is 1. The number of benzene rings is 1. The van der Waals surface area contributed by atoms with Gasteiger partial charge in [0.25, 0.3) is 0 Å². The maximum Gasteiger partial charge on any atom is 0.223 e. The minimum atomic E-state index is 0.250. The summed E-state index contributed by atoms with van der Waals surface area (Å²) in [5.41, 5.74) is 2.34. The summed E-state index contributed by atoms with van der Waals surface area (Å²) in [7, 11) is 1.90. The smallest absolute Gasteiger partial charge is 0.223 e. The van der Waals surface area contributed by atoms with Gasteiger partial charge in [-0.25, -0.2) is 4.99 Å². The molecule has 0 aliphatic carbocycles. The van der Waals surface area contributed by atoms with Crippen molar-refractivity contribution < 1.29 is 4.79 Å². The lowest BCUT2D eigenvalue weighted by atomic mass is 10.1. The third-order valence-corrected chi connectivity index (χ3v) is 4.89. The molecule has 1 aliphatic rings. The van der Waals surface area contributed by atoms with E-state index in [1.54, 1.807) is 4.68 Å². The van der Waals surface area contributed by atoms with Gasteiger partial charge in [-0.2, -0.15) is 5.10 Å². The first-order valence-electron chi connectivity index (χ1n) is 9.95. The molecule has 0 saturated carbocycles. The van der Waals surface area contributed by atoms with Crippen LogP contribution in [0.3, 0.4) is 0 Å². The Morgan fingerprint density at radius 2 is 2.07 bits per heavy atom. The number of amides is 1. The van der Waals surface area contributed by atoms with E-state index >= 15 is 0 Å². The van der Waals surface area contributed by atoms with Crippen LogP contribution in [-0.2, 0) is 24.8 Å². The summed E-state index contributed by atoms with van der Waals surface area (Å²) in [6.07, 6.45) is 5.30. The lowest BCUT2D eigenvalue weighted by molar-refractivity contribution is -0.127. The van der Waals surface area contributed by atoms with Crippen LogP contribution >= 0.6 is 0 Å². The van der Waals surface area contributed by atoms with Crippen molar-refractivity contribution >= 4 is 11.9 Å². The Bertz CT molecular complexity index is 785. The van der Waals surface area contributed by atoms with Crippen LogP contribution in [0.15, 0.2) is 47.7 Å². The second-order valence-electron chi connectivity index (χ2n) is 7.24. The minimum absolute atomic E-state index is 0.250. The highest BCUT2D eigenvalue weighted by Gasteiger charge is 2.29. The fourth-order valence-electron chi connectivity index (χ4n) is 3.42. The number of nitrogens with zero attached hydrogens (tertiary/aromatic N) is 4. The Labute approximate surface area is 166 Å². The van der Waals surface area contributed by atoms with Gasteiger partial charge in [0.05, 0.1) is 12.7 Å². The molecule has 1 aliphatic heterocycles. The van der Waals surface area contributed by atoms with Crippen molar-refractivity contribution in [2.24, 2.45) is 18.0 Å². The van der Waals surface area contributed by atoms with E-state index in [0.29, 0.717) is 18.9 Å². The van der Waals surface area contributed by atoms with Crippen LogP contribution in [0.2, 0.25) is 0 Å². The van der Waals surface area contributed by atoms with E-state index in [0.717, 1.165) is 44.1 Å². The molecule has 1 aromatic heterocycles. The topological polar surface area (TPSA) is 74.5 Å². The molecule has 1 aromatic carbocycles. The number of likely N-dealkylation sites (tertiary alicyclic amines) is 1. The molecule has 0 bridgehead atoms. The van der Waals surface area contributed by atoms with E-state index in [4.69, 9.17) is 0 Å². The maximum atomic E-state index is 12.3. The molecule has 1 unspecified atom stereocenters. The van der Waals surface area contributed by atoms with E-state index in [2.05, 4.69) is 32.9 Å². The van der Waals surface area contributed by atoms with Crippen molar-refractivity contribution in [2.45, 2.75) is 26.3 Å². The summed E-state index contributed by atoms with van der Waals surface area (Å²) in [6, 6.07) is 10.3. The van der Waals surface area contributed by atoms with Crippen LogP contribution in [0.25, 0.3) is 0 Å². The molecule has 3 rings (SSSR count). The number of hydrogen-bond acceptors (Lipinski definition) is 3. The number of nitrogens with one attached hydrogen (secondary N) is 2. The molecule has 7 nitrogen and oxygen atoms in total. The van der Waals surface area contributed by atoms with Gasteiger partial charge >= 0.3 is 0 Å². The van der Waals surface area contributed by atoms with Gasteiger partial charge in [0.15, 0.2) is 5.96 Å². The van der Waals surface area contributed by atoms with Crippen LogP contribution in [0.5, 0.6) is 0 Å². The Kier molecular flexibility index (Phi) is 7.06. The molecule has 150 valence electrons. The van der Waals surface area contributed by atoms with Crippen LogP contribution in [0.4, 0.5) is 0 Å². The molecule has 1 saturated heterocycles. The minimum Gasteiger partial charge on any atom is -0.357 e. The fraction of sp³-hybridized carbons (Fsp3) is 0.476. The highest BCUT2D eigenvalue weighted by molar-refractivity contribution is 5.81. The largest absolute Gasteiger partial charge is 0.357 e. The van der Waals surface area contributed by atoms with Gasteiger partial charge in [0.1, 0.15) is 0 Å². The first-order chi connectivity index (χ1) is 13.6. The summed E-state index contributed by atoms with van der Waals surface area (Å²) >= 11 is 0. The lowest BCUT2D eigenvalue weighted by Crippen LogP contribution is -2.40. The number of hydrogen-bond donors (Lipinski definition) is 2. The normalized spacial score (nSPS) is 17.2. The predicted octanol–water partition coefficient (Wildman–Crippen LogP) is 1.57. The van der Waals surface area contributed by atoms with Crippen molar-refractivity contribution in [3.8, 4) is 0 Å². The van der Waals surface area contributed by atoms with Gasteiger partial charge in [-0.05, 0) is 18.9 Å². The average molecular weight is 383 g/mol. The Balaban J connectivity index is 1.46. The van der Waals surface area contributed by atoms with Crippen molar-refractivity contribution in [1.29, 1.82) is 0 Å². The number of carbonyl (C=O) groups excluding carboxylic acids is 1. The number of guanidine groups is 1. The second-order valence-corrected chi connectivity index (χ2v) is 7.24. The van der Waals surface area contributed by atoms with Crippen LogP contribution in [-0.4, -0.2) is 52.7 Å². The third kappa shape index (κ3) is 5.84. The average Bonchev–Trinajstić information content (AvgIpc) is 3.28. The number of aliphatic imine (C=N–C) groups is 1. The molecule has 1 atom stereocenters. The Hall–Kier alpha value is -2.83. The molecular weight excluding hydrogens is 352 g/mol. The maximum absolute atomic E-state index is 12.3. The molecule has 1 amide bonds. The second kappa shape index (κ2) is 9.92. The van der Waals surface area contributed by atoms with Gasteiger partial charge in [-0.3, -0.25) is 9.48 Å². The third-order valence-electron chi connectivity index (χ3n) is 4.89. The summed E-state index contributed by atoms with van der Waals surface area (Å²) in [6.45, 7) is 5.76. The van der Waals surface area contributed by atoms with E-state index in [9.17, 15) is 4.79 Å². The summed E-state index contributed by atoms with van der Waals surface area (Å²) in [4.78, 5) is 18.9. The van der Waals surface area contributed by atoms with Crippen molar-refractivity contribution in [3.63, 3.8) is 0 Å². The highest BCUT2D eigenvalue weighted by Crippen LogP contribution is 2.17. The standard InChI is InChI=1S/C21H30N6O/c1-3-22-21(24-13-19-14-25-26(2)15-19)23-12-18-11-20(28)27(16-18)10-9-17-7-5-4-6-8-17/h4-8,14-15,18H,3,9-13,16H2,1-2H3,(H2,22,23,24). The van der Waals surface area contributed by atoms with Crippen molar-refractivity contribution in [3.05, 3.63) is 53.9 Å². The lowest BCUT2D eigenvalue weighted by Gasteiger charge is -2.18. The van der Waals surface area contributed by atoms with E-state index in [1.807, 2.05) is 49.5 Å². The summed E-state index contributed by atoms with van der Waals surface area (Å²) < 4.78 is 1.78. The van der Waals surface area contributed by atoms with Crippen LogP contribution in [0, 0.1) is 5.92 Å². The number of aromatic nitrogens is 2. The zero-order valence-electron chi connectivity index (χ0n) is 16.8. The van der Waals surface area contributed by atoms with Gasteiger partial charge < -0.3 is 15.5 Å². The van der Waals surface area contributed by atoms with Gasteiger partial charge in [0.2, 0.25) is 5.91 Å². The predicted molar refractivity (Wildman–Crippen MR) is 111 cm³/mol. The summed E-state index contributed by atoms with van der Waals surface area (Å²) in [5, 5.41) is 10.8. The number of aryl methyl sites for hydroxylation is 1. The van der Waals surface area contributed by atoms with Gasteiger partial charge in [0, 0.05) is 57.3 Å². The highest BCUT2D eigenvalue weighted by atomic mass is 16.2. The van der Waals surface area contributed by atoms with Gasteiger partial charge in [-0.1, -0.05) is 30.3 Å². The van der Waals surface area contributed by atoms with Gasteiger partial charge in [-0.15, -0.1) is 0 Å². The molecule has 2 aromatic rings. The monoisotopic (exact) mass is 382 g/mol. The number of rotatable bonds is 8. The Morgan fingerprint density at radius 1 is 1.25 bits per heavy atom. The summed E-state index contributed by atoms with van der Waals surface area (Å²) in [5.74, 6) is 1.34. The Morgan fingerprint density at radius 3 is 2.79 bits per heavy atom. The zero-order chi connectivity index (χ0) is 19.8. The fourth-order valence-corrected chi connectivity index (χ4v) is 3.42. The van der Waals surface area contributed by atoms with E-state index < -0.39 is 0 Å². The molecule has 0 spiro atoms. The first kappa shape index (κ1) is 19.9.